The first-order valence-corrected chi connectivity index (χ1v) is 7.08. The van der Waals surface area contributed by atoms with Gasteiger partial charge in [0.05, 0.1) is 6.04 Å². The number of nitrogens with zero attached hydrogens (tertiary/aromatic N) is 1. The number of carbonyl (C=O) groups excluding carboxylic acids is 1. The van der Waals surface area contributed by atoms with Crippen LogP contribution < -0.4 is 10.6 Å². The lowest BCUT2D eigenvalue weighted by molar-refractivity contribution is -0.118. The van der Waals surface area contributed by atoms with Gasteiger partial charge in [-0.2, -0.15) is 0 Å². The van der Waals surface area contributed by atoms with E-state index >= 15 is 0 Å². The van der Waals surface area contributed by atoms with E-state index in [9.17, 15) is 4.79 Å². The summed E-state index contributed by atoms with van der Waals surface area (Å²) in [6, 6.07) is -0.0219. The molecule has 1 unspecified atom stereocenters. The van der Waals surface area contributed by atoms with Gasteiger partial charge in [-0.3, -0.25) is 4.79 Å². The van der Waals surface area contributed by atoms with Crippen LogP contribution >= 0.6 is 11.3 Å². The lowest BCUT2D eigenvalue weighted by Gasteiger charge is -2.22. The van der Waals surface area contributed by atoms with Crippen LogP contribution in [-0.4, -0.2) is 24.0 Å². The van der Waals surface area contributed by atoms with Crippen molar-refractivity contribution in [3.8, 4) is 0 Å². The first-order chi connectivity index (χ1) is 8.61. The number of hydrogen-bond donors (Lipinski definition) is 2. The highest BCUT2D eigenvalue weighted by molar-refractivity contribution is 7.11. The Hall–Kier alpha value is -1.20. The third kappa shape index (κ3) is 2.79. The highest BCUT2D eigenvalue weighted by Crippen LogP contribution is 2.21. The molecule has 1 aromatic rings. The molecule has 1 atom stereocenters. The topological polar surface area (TPSA) is 54.0 Å². The molecule has 1 aromatic heterocycles. The molecule has 0 radical (unpaired) electrons. The minimum atomic E-state index is -0.0219. The van der Waals surface area contributed by atoms with Crippen LogP contribution in [0, 0.1) is 0 Å². The van der Waals surface area contributed by atoms with Crippen molar-refractivity contribution in [1.29, 1.82) is 0 Å². The van der Waals surface area contributed by atoms with E-state index in [1.54, 1.807) is 11.3 Å². The average Bonchev–Trinajstić information content (AvgIpc) is 2.74. The molecule has 2 N–H and O–H groups in total. The predicted octanol–water partition coefficient (Wildman–Crippen LogP) is 1.80. The Kier molecular flexibility index (Phi) is 4.14. The Bertz CT molecular complexity index is 472. The molecule has 0 aliphatic carbocycles. The van der Waals surface area contributed by atoms with Crippen molar-refractivity contribution in [3.05, 3.63) is 27.2 Å². The number of carbonyl (C=O) groups is 1. The maximum atomic E-state index is 12.0. The fraction of sp³-hybridized carbons (Fsp3) is 0.538. The zero-order valence-electron chi connectivity index (χ0n) is 11.0. The summed E-state index contributed by atoms with van der Waals surface area (Å²) in [6.07, 6.45) is 2.89. The summed E-state index contributed by atoms with van der Waals surface area (Å²) in [5, 5.41) is 7.13. The van der Waals surface area contributed by atoms with Crippen LogP contribution in [0.15, 0.2) is 17.3 Å². The van der Waals surface area contributed by atoms with Crippen LogP contribution in [0.25, 0.3) is 0 Å². The van der Waals surface area contributed by atoms with Gasteiger partial charge in [-0.05, 0) is 25.8 Å². The van der Waals surface area contributed by atoms with Crippen LogP contribution in [0.3, 0.4) is 0 Å². The first-order valence-electron chi connectivity index (χ1n) is 6.26. The van der Waals surface area contributed by atoms with Gasteiger partial charge >= 0.3 is 0 Å². The Labute approximate surface area is 112 Å². The first kappa shape index (κ1) is 13.2. The van der Waals surface area contributed by atoms with E-state index in [2.05, 4.69) is 22.5 Å². The Morgan fingerprint density at radius 3 is 2.83 bits per heavy atom. The van der Waals surface area contributed by atoms with Gasteiger partial charge < -0.3 is 10.6 Å². The normalized spacial score (nSPS) is 16.1. The van der Waals surface area contributed by atoms with Crippen molar-refractivity contribution in [2.75, 3.05) is 13.1 Å². The monoisotopic (exact) mass is 265 g/mol. The Balaban J connectivity index is 1.98. The molecule has 0 spiro atoms. The molecule has 1 saturated heterocycles. The quantitative estimate of drug-likeness (QED) is 0.816. The van der Waals surface area contributed by atoms with Crippen LogP contribution in [-0.2, 0) is 11.2 Å². The van der Waals surface area contributed by atoms with E-state index < -0.39 is 0 Å². The van der Waals surface area contributed by atoms with Crippen LogP contribution in [0.4, 0.5) is 0 Å². The molecular formula is C13H19N3OS. The Morgan fingerprint density at radius 2 is 2.33 bits per heavy atom. The van der Waals surface area contributed by atoms with Gasteiger partial charge in [-0.15, -0.1) is 11.3 Å². The maximum Gasteiger partial charge on any atom is 0.247 e. The van der Waals surface area contributed by atoms with Gasteiger partial charge in [-0.25, -0.2) is 4.98 Å². The second-order valence-electron chi connectivity index (χ2n) is 4.55. The summed E-state index contributed by atoms with van der Waals surface area (Å²) >= 11 is 1.67. The third-order valence-corrected chi connectivity index (χ3v) is 4.51. The molecule has 4 nitrogen and oxygen atoms in total. The van der Waals surface area contributed by atoms with E-state index in [1.807, 2.05) is 20.0 Å². The van der Waals surface area contributed by atoms with Crippen molar-refractivity contribution in [3.63, 3.8) is 0 Å². The van der Waals surface area contributed by atoms with Gasteiger partial charge in [0.25, 0.3) is 0 Å². The third-order valence-electron chi connectivity index (χ3n) is 3.19. The second kappa shape index (κ2) is 5.63. The van der Waals surface area contributed by atoms with Crippen molar-refractivity contribution >= 4 is 17.2 Å². The average molecular weight is 265 g/mol. The molecule has 0 aromatic carbocycles. The molecule has 1 aliphatic heterocycles. The summed E-state index contributed by atoms with van der Waals surface area (Å²) < 4.78 is 0. The standard InChI is InChI=1S/C13H19N3OS/c1-4-11-7-15-13(18-11)9(3)16-12(17)8(2)10-5-14-6-10/h7,9,14H,4-6H2,1-3H3,(H,16,17). The molecule has 98 valence electrons. The fourth-order valence-electron chi connectivity index (χ4n) is 1.73. The number of aryl methyl sites for hydroxylation is 1. The molecule has 0 bridgehead atoms. The molecule has 1 aliphatic rings. The lowest BCUT2D eigenvalue weighted by Crippen LogP contribution is -2.38. The van der Waals surface area contributed by atoms with E-state index in [1.165, 1.54) is 10.5 Å². The zero-order valence-corrected chi connectivity index (χ0v) is 11.9. The largest absolute Gasteiger partial charge is 0.343 e. The summed E-state index contributed by atoms with van der Waals surface area (Å²) in [5.41, 5.74) is 2.04. The van der Waals surface area contributed by atoms with Crippen LogP contribution in [0.1, 0.15) is 36.7 Å². The SMILES string of the molecule is CCc1cnc(C(C)NC(=O)C(C)=C2CNC2)s1. The van der Waals surface area contributed by atoms with Gasteiger partial charge in [-0.1, -0.05) is 6.92 Å². The smallest absolute Gasteiger partial charge is 0.247 e. The van der Waals surface area contributed by atoms with Crippen molar-refractivity contribution < 1.29 is 4.79 Å². The number of aromatic nitrogens is 1. The highest BCUT2D eigenvalue weighted by atomic mass is 32.1. The van der Waals surface area contributed by atoms with Crippen LogP contribution in [0.5, 0.6) is 0 Å². The molecule has 2 heterocycles. The number of hydrogen-bond acceptors (Lipinski definition) is 4. The van der Waals surface area contributed by atoms with Crippen molar-refractivity contribution in [2.24, 2.45) is 0 Å². The minimum absolute atomic E-state index is 0.0206. The molecule has 1 amide bonds. The van der Waals surface area contributed by atoms with Gasteiger partial charge in [0.1, 0.15) is 5.01 Å². The lowest BCUT2D eigenvalue weighted by atomic mass is 10.0. The summed E-state index contributed by atoms with van der Waals surface area (Å²) in [5.74, 6) is 0.0206. The number of thiazole rings is 1. The zero-order chi connectivity index (χ0) is 13.1. The van der Waals surface area contributed by atoms with Crippen LogP contribution in [0.2, 0.25) is 0 Å². The summed E-state index contributed by atoms with van der Waals surface area (Å²) in [7, 11) is 0. The molecule has 1 fully saturated rings. The van der Waals surface area contributed by atoms with E-state index in [4.69, 9.17) is 0 Å². The molecule has 2 rings (SSSR count). The van der Waals surface area contributed by atoms with Gasteiger partial charge in [0.2, 0.25) is 5.91 Å². The Morgan fingerprint density at radius 1 is 1.61 bits per heavy atom. The molecule has 18 heavy (non-hydrogen) atoms. The van der Waals surface area contributed by atoms with Crippen molar-refractivity contribution in [1.82, 2.24) is 15.6 Å². The van der Waals surface area contributed by atoms with E-state index in [0.717, 1.165) is 30.1 Å². The minimum Gasteiger partial charge on any atom is -0.343 e. The van der Waals surface area contributed by atoms with Gasteiger partial charge in [0.15, 0.2) is 0 Å². The maximum absolute atomic E-state index is 12.0. The number of amides is 1. The molecular weight excluding hydrogens is 246 g/mol. The predicted molar refractivity (Wildman–Crippen MR) is 73.6 cm³/mol. The van der Waals surface area contributed by atoms with Gasteiger partial charge in [0, 0.05) is 29.7 Å². The number of nitrogens with one attached hydrogen (secondary N) is 2. The number of rotatable bonds is 4. The van der Waals surface area contributed by atoms with E-state index in [-0.39, 0.29) is 11.9 Å². The summed E-state index contributed by atoms with van der Waals surface area (Å²) in [4.78, 5) is 17.6. The van der Waals surface area contributed by atoms with E-state index in [0.29, 0.717) is 0 Å². The second-order valence-corrected chi connectivity index (χ2v) is 5.69. The highest BCUT2D eigenvalue weighted by Gasteiger charge is 2.19. The fourth-order valence-corrected chi connectivity index (χ4v) is 2.59. The van der Waals surface area contributed by atoms with Crippen molar-refractivity contribution in [2.45, 2.75) is 33.2 Å². The molecule has 0 saturated carbocycles. The molecule has 5 heteroatoms. The summed E-state index contributed by atoms with van der Waals surface area (Å²) in [6.45, 7) is 7.65.